The second-order valence-corrected chi connectivity index (χ2v) is 5.92. The predicted molar refractivity (Wildman–Crippen MR) is 76.8 cm³/mol. The Bertz CT molecular complexity index is 463. The standard InChI is InChI=1S/C13H16Cl2N2O2/c1-13(19)7-17(8-13)6-5-11(18)16-12-9(14)3-2-4-10(12)15/h2-4,19H,5-8H2,1H3,(H,16,18). The van der Waals surface area contributed by atoms with Crippen LogP contribution in [0.25, 0.3) is 0 Å². The second-order valence-electron chi connectivity index (χ2n) is 5.10. The molecule has 104 valence electrons. The molecule has 1 fully saturated rings. The highest BCUT2D eigenvalue weighted by atomic mass is 35.5. The van der Waals surface area contributed by atoms with Gasteiger partial charge in [0, 0.05) is 26.1 Å². The van der Waals surface area contributed by atoms with Crippen molar-refractivity contribution >= 4 is 34.8 Å². The van der Waals surface area contributed by atoms with Gasteiger partial charge in [-0.1, -0.05) is 29.3 Å². The summed E-state index contributed by atoms with van der Waals surface area (Å²) in [7, 11) is 0. The van der Waals surface area contributed by atoms with Gasteiger partial charge in [0.25, 0.3) is 0 Å². The third-order valence-electron chi connectivity index (χ3n) is 3.01. The fraction of sp³-hybridized carbons (Fsp3) is 0.462. The van der Waals surface area contributed by atoms with Gasteiger partial charge in [-0.2, -0.15) is 0 Å². The van der Waals surface area contributed by atoms with Gasteiger partial charge >= 0.3 is 0 Å². The Morgan fingerprint density at radius 1 is 1.42 bits per heavy atom. The molecule has 6 heteroatoms. The van der Waals surface area contributed by atoms with Crippen LogP contribution in [0.4, 0.5) is 5.69 Å². The molecular formula is C13H16Cl2N2O2. The molecule has 0 atom stereocenters. The second kappa shape index (κ2) is 5.67. The number of benzene rings is 1. The summed E-state index contributed by atoms with van der Waals surface area (Å²) in [4.78, 5) is 13.8. The highest BCUT2D eigenvalue weighted by Crippen LogP contribution is 2.29. The van der Waals surface area contributed by atoms with Crippen LogP contribution in [0.5, 0.6) is 0 Å². The molecule has 1 aliphatic heterocycles. The molecule has 1 amide bonds. The van der Waals surface area contributed by atoms with E-state index in [0.717, 1.165) is 0 Å². The maximum atomic E-state index is 11.8. The van der Waals surface area contributed by atoms with Crippen molar-refractivity contribution in [1.82, 2.24) is 4.90 Å². The molecule has 2 N–H and O–H groups in total. The molecule has 0 aliphatic carbocycles. The fourth-order valence-electron chi connectivity index (χ4n) is 2.15. The van der Waals surface area contributed by atoms with Gasteiger partial charge in [-0.3, -0.25) is 9.69 Å². The first kappa shape index (κ1) is 14.6. The van der Waals surface area contributed by atoms with Crippen LogP contribution in [0.15, 0.2) is 18.2 Å². The third kappa shape index (κ3) is 3.83. The topological polar surface area (TPSA) is 52.6 Å². The monoisotopic (exact) mass is 302 g/mol. The van der Waals surface area contributed by atoms with E-state index in [-0.39, 0.29) is 5.91 Å². The Morgan fingerprint density at radius 2 is 2.00 bits per heavy atom. The Kier molecular flexibility index (Phi) is 4.36. The first-order chi connectivity index (χ1) is 8.87. The van der Waals surface area contributed by atoms with E-state index in [1.807, 2.05) is 4.90 Å². The number of aliphatic hydroxyl groups is 1. The van der Waals surface area contributed by atoms with Crippen LogP contribution in [-0.2, 0) is 4.79 Å². The van der Waals surface area contributed by atoms with Crippen molar-refractivity contribution in [2.75, 3.05) is 25.0 Å². The largest absolute Gasteiger partial charge is 0.388 e. The van der Waals surface area contributed by atoms with Crippen LogP contribution in [0, 0.1) is 0 Å². The van der Waals surface area contributed by atoms with E-state index in [9.17, 15) is 9.90 Å². The number of β-amino-alcohol motifs (C(OH)–C–C–N with tert-alkyl or cyclic N) is 1. The number of likely N-dealkylation sites (tertiary alicyclic amines) is 1. The number of halogens is 2. The van der Waals surface area contributed by atoms with Crippen LogP contribution in [0.1, 0.15) is 13.3 Å². The SMILES string of the molecule is CC1(O)CN(CCC(=O)Nc2c(Cl)cccc2Cl)C1. The number of hydrogen-bond acceptors (Lipinski definition) is 3. The first-order valence-corrected chi connectivity index (χ1v) is 6.81. The van der Waals surface area contributed by atoms with E-state index in [1.165, 1.54) is 0 Å². The smallest absolute Gasteiger partial charge is 0.225 e. The quantitative estimate of drug-likeness (QED) is 0.898. The molecule has 0 saturated carbocycles. The molecule has 2 rings (SSSR count). The number of nitrogens with one attached hydrogen (secondary N) is 1. The van der Waals surface area contributed by atoms with E-state index in [1.54, 1.807) is 25.1 Å². The average Bonchev–Trinajstić information content (AvgIpc) is 2.28. The summed E-state index contributed by atoms with van der Waals surface area (Å²) in [6.45, 7) is 3.61. The third-order valence-corrected chi connectivity index (χ3v) is 3.64. The van der Waals surface area contributed by atoms with Gasteiger partial charge in [-0.15, -0.1) is 0 Å². The van der Waals surface area contributed by atoms with E-state index in [4.69, 9.17) is 23.2 Å². The van der Waals surface area contributed by atoms with Gasteiger partial charge in [0.05, 0.1) is 21.3 Å². The number of nitrogens with zero attached hydrogens (tertiary/aromatic N) is 1. The fourth-order valence-corrected chi connectivity index (χ4v) is 2.65. The Labute approximate surface area is 122 Å². The van der Waals surface area contributed by atoms with E-state index < -0.39 is 5.60 Å². The molecule has 1 aliphatic rings. The number of carbonyl (C=O) groups excluding carboxylic acids is 1. The summed E-state index contributed by atoms with van der Waals surface area (Å²) < 4.78 is 0. The number of amides is 1. The van der Waals surface area contributed by atoms with Crippen molar-refractivity contribution in [1.29, 1.82) is 0 Å². The van der Waals surface area contributed by atoms with Crippen LogP contribution < -0.4 is 5.32 Å². The van der Waals surface area contributed by atoms with Gasteiger partial charge < -0.3 is 10.4 Å². The molecular weight excluding hydrogens is 287 g/mol. The van der Waals surface area contributed by atoms with E-state index in [2.05, 4.69) is 5.32 Å². The lowest BCUT2D eigenvalue weighted by Gasteiger charge is -2.44. The van der Waals surface area contributed by atoms with Gasteiger partial charge in [0.2, 0.25) is 5.91 Å². The highest BCUT2D eigenvalue weighted by molar-refractivity contribution is 6.39. The molecule has 0 bridgehead atoms. The Hall–Kier alpha value is -0.810. The van der Waals surface area contributed by atoms with Gasteiger partial charge in [-0.25, -0.2) is 0 Å². The predicted octanol–water partition coefficient (Wildman–Crippen LogP) is 2.39. The van der Waals surface area contributed by atoms with Gasteiger partial charge in [0.15, 0.2) is 0 Å². The summed E-state index contributed by atoms with van der Waals surface area (Å²) in [5.41, 5.74) is -0.158. The normalized spacial score (nSPS) is 17.9. The maximum absolute atomic E-state index is 11.8. The lowest BCUT2D eigenvalue weighted by Crippen LogP contribution is -2.60. The zero-order chi connectivity index (χ0) is 14.0. The Morgan fingerprint density at radius 3 is 2.53 bits per heavy atom. The van der Waals surface area contributed by atoms with Gasteiger partial charge in [-0.05, 0) is 19.1 Å². The molecule has 1 aromatic carbocycles. The molecule has 0 unspecified atom stereocenters. The summed E-state index contributed by atoms with van der Waals surface area (Å²) in [5, 5.41) is 13.1. The molecule has 1 saturated heterocycles. The minimum absolute atomic E-state index is 0.137. The summed E-state index contributed by atoms with van der Waals surface area (Å²) in [6, 6.07) is 5.08. The first-order valence-electron chi connectivity index (χ1n) is 6.06. The number of carbonyl (C=O) groups is 1. The van der Waals surface area contributed by atoms with Crippen molar-refractivity contribution in [3.8, 4) is 0 Å². The summed E-state index contributed by atoms with van der Waals surface area (Å²) in [5.74, 6) is -0.137. The summed E-state index contributed by atoms with van der Waals surface area (Å²) in [6.07, 6.45) is 0.345. The number of hydrogen-bond donors (Lipinski definition) is 2. The molecule has 1 heterocycles. The van der Waals surface area contributed by atoms with Crippen LogP contribution in [0.3, 0.4) is 0 Å². The lowest BCUT2D eigenvalue weighted by atomic mass is 9.97. The number of anilines is 1. The van der Waals surface area contributed by atoms with Crippen molar-refractivity contribution in [3.63, 3.8) is 0 Å². The van der Waals surface area contributed by atoms with Crippen molar-refractivity contribution < 1.29 is 9.90 Å². The molecule has 4 nitrogen and oxygen atoms in total. The summed E-state index contributed by atoms with van der Waals surface area (Å²) >= 11 is 11.9. The van der Waals surface area contributed by atoms with E-state index in [0.29, 0.717) is 41.8 Å². The average molecular weight is 303 g/mol. The van der Waals surface area contributed by atoms with E-state index >= 15 is 0 Å². The molecule has 0 radical (unpaired) electrons. The Balaban J connectivity index is 1.82. The van der Waals surface area contributed by atoms with Crippen LogP contribution in [-0.4, -0.2) is 41.1 Å². The minimum Gasteiger partial charge on any atom is -0.388 e. The van der Waals surface area contributed by atoms with Crippen molar-refractivity contribution in [2.45, 2.75) is 18.9 Å². The maximum Gasteiger partial charge on any atom is 0.225 e. The zero-order valence-corrected chi connectivity index (χ0v) is 12.1. The molecule has 19 heavy (non-hydrogen) atoms. The number of para-hydroxylation sites is 1. The lowest BCUT2D eigenvalue weighted by molar-refractivity contribution is -0.119. The van der Waals surface area contributed by atoms with Crippen molar-refractivity contribution in [3.05, 3.63) is 28.2 Å². The number of rotatable bonds is 4. The molecule has 1 aromatic rings. The van der Waals surface area contributed by atoms with Crippen LogP contribution in [0.2, 0.25) is 10.0 Å². The molecule has 0 aromatic heterocycles. The highest BCUT2D eigenvalue weighted by Gasteiger charge is 2.36. The van der Waals surface area contributed by atoms with Crippen molar-refractivity contribution in [2.24, 2.45) is 0 Å². The van der Waals surface area contributed by atoms with Gasteiger partial charge in [0.1, 0.15) is 0 Å². The molecule has 0 spiro atoms. The zero-order valence-electron chi connectivity index (χ0n) is 10.6. The van der Waals surface area contributed by atoms with Crippen LogP contribution >= 0.6 is 23.2 Å². The minimum atomic E-state index is -0.609.